The molecule has 0 atom stereocenters. The van der Waals surface area contributed by atoms with Crippen LogP contribution in [-0.4, -0.2) is 47.9 Å². The number of aromatic nitrogens is 6. The van der Waals surface area contributed by atoms with Crippen molar-refractivity contribution in [3.05, 3.63) is 53.0 Å². The van der Waals surface area contributed by atoms with Gasteiger partial charge in [-0.1, -0.05) is 0 Å². The van der Waals surface area contributed by atoms with Crippen LogP contribution in [0.4, 0.5) is 0 Å². The van der Waals surface area contributed by atoms with Crippen molar-refractivity contribution in [2.75, 3.05) is 7.11 Å². The molecular weight excluding hydrogens is 304 g/mol. The smallest absolute Gasteiger partial charge is 0.342 e. The largest absolute Gasteiger partial charge is 0.494 e. The number of ether oxygens (including phenoxy) is 1. The number of benzene rings is 1. The Bertz CT molecular complexity index is 918. The third kappa shape index (κ3) is 2.52. The molecule has 0 radical (unpaired) electrons. The summed E-state index contributed by atoms with van der Waals surface area (Å²) < 4.78 is 7.72. The van der Waals surface area contributed by atoms with E-state index in [0.717, 1.165) is 10.8 Å². The number of hydrogen-bond acceptors (Lipinski definition) is 7. The van der Waals surface area contributed by atoms with E-state index < -0.39 is 17.1 Å². The fourth-order valence-electron chi connectivity index (χ4n) is 2.02. The normalized spacial score (nSPS) is 10.5. The van der Waals surface area contributed by atoms with Crippen molar-refractivity contribution in [2.24, 2.45) is 0 Å². The molecule has 116 valence electrons. The van der Waals surface area contributed by atoms with Gasteiger partial charge >= 0.3 is 5.97 Å². The van der Waals surface area contributed by atoms with E-state index >= 15 is 0 Å². The van der Waals surface area contributed by atoms with Crippen molar-refractivity contribution in [1.82, 2.24) is 29.8 Å². The molecule has 0 aliphatic rings. The third-order valence-electron chi connectivity index (χ3n) is 3.10. The van der Waals surface area contributed by atoms with E-state index in [4.69, 9.17) is 9.84 Å². The van der Waals surface area contributed by atoms with Gasteiger partial charge in [-0.2, -0.15) is 4.68 Å². The van der Waals surface area contributed by atoms with Gasteiger partial charge in [0.1, 0.15) is 29.7 Å². The highest BCUT2D eigenvalue weighted by Crippen LogP contribution is 2.24. The lowest BCUT2D eigenvalue weighted by molar-refractivity contribution is 0.0694. The van der Waals surface area contributed by atoms with E-state index in [2.05, 4.69) is 20.5 Å². The zero-order valence-corrected chi connectivity index (χ0v) is 11.8. The quantitative estimate of drug-likeness (QED) is 0.708. The first-order valence-corrected chi connectivity index (χ1v) is 6.33. The molecule has 2 heterocycles. The van der Waals surface area contributed by atoms with E-state index in [1.54, 1.807) is 18.2 Å². The molecule has 3 rings (SSSR count). The summed E-state index contributed by atoms with van der Waals surface area (Å²) >= 11 is 0. The van der Waals surface area contributed by atoms with Crippen LogP contribution in [0.2, 0.25) is 0 Å². The number of hydrogen-bond donors (Lipinski definition) is 1. The van der Waals surface area contributed by atoms with Crippen LogP contribution in [0.1, 0.15) is 10.4 Å². The van der Waals surface area contributed by atoms with Gasteiger partial charge in [-0.25, -0.2) is 9.78 Å². The summed E-state index contributed by atoms with van der Waals surface area (Å²) in [6.45, 7) is 0. The van der Waals surface area contributed by atoms with Gasteiger partial charge in [-0.3, -0.25) is 9.36 Å². The average molecular weight is 314 g/mol. The summed E-state index contributed by atoms with van der Waals surface area (Å²) in [5.74, 6) is -0.859. The number of methoxy groups -OCH3 is 1. The Kier molecular flexibility index (Phi) is 3.55. The van der Waals surface area contributed by atoms with Crippen LogP contribution in [0.3, 0.4) is 0 Å². The van der Waals surface area contributed by atoms with Gasteiger partial charge in [0.25, 0.3) is 5.56 Å². The van der Waals surface area contributed by atoms with Crippen LogP contribution in [0, 0.1) is 0 Å². The summed E-state index contributed by atoms with van der Waals surface area (Å²) in [7, 11) is 1.49. The highest BCUT2D eigenvalue weighted by Gasteiger charge is 2.14. The molecule has 2 aromatic heterocycles. The molecule has 0 aliphatic heterocycles. The van der Waals surface area contributed by atoms with Crippen LogP contribution >= 0.6 is 0 Å². The second-order valence-corrected chi connectivity index (χ2v) is 4.40. The molecule has 0 aliphatic carbocycles. The average Bonchev–Trinajstić information content (AvgIpc) is 3.08. The molecule has 0 fully saturated rings. The molecule has 1 N–H and O–H groups in total. The van der Waals surface area contributed by atoms with Gasteiger partial charge < -0.3 is 9.84 Å². The maximum Gasteiger partial charge on any atom is 0.342 e. The number of carbonyl (C=O) groups is 1. The molecule has 10 nitrogen and oxygen atoms in total. The maximum atomic E-state index is 12.2. The summed E-state index contributed by atoms with van der Waals surface area (Å²) in [6.07, 6.45) is 3.61. The van der Waals surface area contributed by atoms with Crippen molar-refractivity contribution in [3.63, 3.8) is 0 Å². The zero-order chi connectivity index (χ0) is 16.4. The number of nitrogens with zero attached hydrogens (tertiary/aromatic N) is 6. The van der Waals surface area contributed by atoms with Crippen molar-refractivity contribution in [3.8, 4) is 17.1 Å². The first-order chi connectivity index (χ1) is 11.1. The fourth-order valence-corrected chi connectivity index (χ4v) is 2.02. The second kappa shape index (κ2) is 5.67. The Hall–Kier alpha value is -3.56. The minimum Gasteiger partial charge on any atom is -0.494 e. The summed E-state index contributed by atoms with van der Waals surface area (Å²) in [5.41, 5.74) is -0.229. The van der Waals surface area contributed by atoms with Crippen molar-refractivity contribution >= 4 is 5.97 Å². The van der Waals surface area contributed by atoms with Crippen LogP contribution in [0.5, 0.6) is 5.75 Å². The lowest BCUT2D eigenvalue weighted by Gasteiger charge is -2.11. The second-order valence-electron chi connectivity index (χ2n) is 4.40. The van der Waals surface area contributed by atoms with Crippen LogP contribution < -0.4 is 10.3 Å². The molecule has 0 saturated heterocycles. The molecule has 0 bridgehead atoms. The molecule has 0 saturated carbocycles. The SMILES string of the molecule is COc1ccc(-n2cncc(C(=O)O)c2=O)cc1-n1cnnn1. The van der Waals surface area contributed by atoms with E-state index in [0.29, 0.717) is 17.1 Å². The Morgan fingerprint density at radius 1 is 1.30 bits per heavy atom. The topological polar surface area (TPSA) is 125 Å². The van der Waals surface area contributed by atoms with Crippen LogP contribution in [0.25, 0.3) is 11.4 Å². The van der Waals surface area contributed by atoms with Gasteiger partial charge in [0, 0.05) is 6.20 Å². The number of carboxylic acids is 1. The summed E-state index contributed by atoms with van der Waals surface area (Å²) in [6, 6.07) is 4.80. The standard InChI is InChI=1S/C13H10N6O4/c1-23-11-3-2-8(4-10(11)19-7-15-16-17-19)18-6-14-5-9(12(18)20)13(21)22/h2-7H,1H3,(H,21,22). The number of aromatic carboxylic acids is 1. The molecule has 1 aromatic carbocycles. The molecule has 10 heteroatoms. The maximum absolute atomic E-state index is 12.2. The molecule has 23 heavy (non-hydrogen) atoms. The number of tetrazole rings is 1. The first kappa shape index (κ1) is 14.4. The van der Waals surface area contributed by atoms with Gasteiger partial charge in [-0.05, 0) is 28.6 Å². The van der Waals surface area contributed by atoms with E-state index in [1.807, 2.05) is 0 Å². The molecule has 0 spiro atoms. The van der Waals surface area contributed by atoms with Crippen molar-refractivity contribution in [2.45, 2.75) is 0 Å². The van der Waals surface area contributed by atoms with E-state index in [-0.39, 0.29) is 0 Å². The van der Waals surface area contributed by atoms with Crippen molar-refractivity contribution in [1.29, 1.82) is 0 Å². The monoisotopic (exact) mass is 314 g/mol. The van der Waals surface area contributed by atoms with Gasteiger partial charge in [-0.15, -0.1) is 5.10 Å². The Morgan fingerprint density at radius 2 is 2.13 bits per heavy atom. The molecule has 0 unspecified atom stereocenters. The van der Waals surface area contributed by atoms with Crippen molar-refractivity contribution < 1.29 is 14.6 Å². The van der Waals surface area contributed by atoms with Gasteiger partial charge in [0.15, 0.2) is 0 Å². The predicted octanol–water partition coefficient (Wildman–Crippen LogP) is -0.0850. The first-order valence-electron chi connectivity index (χ1n) is 6.33. The van der Waals surface area contributed by atoms with E-state index in [9.17, 15) is 9.59 Å². The lowest BCUT2D eigenvalue weighted by Crippen LogP contribution is -2.25. The van der Waals surface area contributed by atoms with Gasteiger partial charge in [0.2, 0.25) is 0 Å². The number of carboxylic acid groups (broad SMARTS) is 1. The third-order valence-corrected chi connectivity index (χ3v) is 3.10. The highest BCUT2D eigenvalue weighted by atomic mass is 16.5. The fraction of sp³-hybridized carbons (Fsp3) is 0.0769. The molecular formula is C13H10N6O4. The zero-order valence-electron chi connectivity index (χ0n) is 11.8. The summed E-state index contributed by atoms with van der Waals surface area (Å²) in [5, 5.41) is 19.9. The number of rotatable bonds is 4. The van der Waals surface area contributed by atoms with Gasteiger partial charge in [0.05, 0.1) is 12.8 Å². The van der Waals surface area contributed by atoms with Crippen LogP contribution in [-0.2, 0) is 0 Å². The molecule has 0 amide bonds. The minimum absolute atomic E-state index is 0.400. The highest BCUT2D eigenvalue weighted by molar-refractivity contribution is 5.86. The predicted molar refractivity (Wildman–Crippen MR) is 76.1 cm³/mol. The minimum atomic E-state index is -1.34. The summed E-state index contributed by atoms with van der Waals surface area (Å²) in [4.78, 5) is 27.1. The lowest BCUT2D eigenvalue weighted by atomic mass is 10.2. The van der Waals surface area contributed by atoms with E-state index in [1.165, 1.54) is 24.4 Å². The Balaban J connectivity index is 2.19. The van der Waals surface area contributed by atoms with Crippen LogP contribution in [0.15, 0.2) is 41.8 Å². The Morgan fingerprint density at radius 3 is 2.78 bits per heavy atom. The molecule has 3 aromatic rings. The Labute approximate surface area is 128 Å².